The van der Waals surface area contributed by atoms with Gasteiger partial charge in [-0.15, -0.1) is 0 Å². The molecule has 0 atom stereocenters. The molecule has 1 N–H and O–H groups in total. The molecule has 4 rings (SSSR count). The fourth-order valence-corrected chi connectivity index (χ4v) is 3.85. The lowest BCUT2D eigenvalue weighted by atomic mass is 10.1. The highest BCUT2D eigenvalue weighted by molar-refractivity contribution is 7.99. The van der Waals surface area contributed by atoms with Crippen molar-refractivity contribution in [1.82, 2.24) is 9.97 Å². The molecule has 1 aliphatic heterocycles. The molecule has 1 fully saturated rings. The first-order chi connectivity index (χ1) is 12.8. The molecule has 1 aliphatic rings. The zero-order valence-corrected chi connectivity index (χ0v) is 15.2. The molecule has 0 aliphatic carbocycles. The number of aromatic nitrogens is 2. The summed E-state index contributed by atoms with van der Waals surface area (Å²) in [6.07, 6.45) is 4.00. The van der Waals surface area contributed by atoms with Crippen molar-refractivity contribution in [2.24, 2.45) is 0 Å². The Hall–Kier alpha value is -2.60. The minimum Gasteiger partial charge on any atom is -0.356 e. The van der Waals surface area contributed by atoms with Gasteiger partial charge >= 0.3 is 0 Å². The first-order valence-corrected chi connectivity index (χ1v) is 9.75. The monoisotopic (exact) mass is 364 g/mol. The van der Waals surface area contributed by atoms with Gasteiger partial charge in [0.05, 0.1) is 5.75 Å². The molecule has 6 heteroatoms. The summed E-state index contributed by atoms with van der Waals surface area (Å²) in [6.45, 7) is 2.09. The SMILES string of the molecule is O=C(CSc1cc(N2CCCC2)ncn1)Nc1cccc2ccccc12. The van der Waals surface area contributed by atoms with Crippen LogP contribution in [0.5, 0.6) is 0 Å². The Kier molecular flexibility index (Phi) is 5.02. The predicted molar refractivity (Wildman–Crippen MR) is 107 cm³/mol. The standard InChI is InChI=1S/C20H20N4OS/c25-19(23-17-9-5-7-15-6-1-2-8-16(15)17)13-26-20-12-18(21-14-22-20)24-10-3-4-11-24/h1-2,5-9,12,14H,3-4,10-11,13H2,(H,23,25). The largest absolute Gasteiger partial charge is 0.356 e. The molecule has 0 radical (unpaired) electrons. The normalized spacial score (nSPS) is 13.9. The summed E-state index contributed by atoms with van der Waals surface area (Å²) >= 11 is 1.44. The van der Waals surface area contributed by atoms with Crippen LogP contribution in [0.4, 0.5) is 11.5 Å². The van der Waals surface area contributed by atoms with E-state index in [0.717, 1.165) is 40.4 Å². The lowest BCUT2D eigenvalue weighted by Crippen LogP contribution is -2.19. The zero-order chi connectivity index (χ0) is 17.8. The molecule has 2 aromatic carbocycles. The number of anilines is 2. The highest BCUT2D eigenvalue weighted by atomic mass is 32.2. The van der Waals surface area contributed by atoms with E-state index < -0.39 is 0 Å². The van der Waals surface area contributed by atoms with Gasteiger partial charge in [-0.3, -0.25) is 4.79 Å². The number of hydrogen-bond acceptors (Lipinski definition) is 5. The van der Waals surface area contributed by atoms with E-state index in [1.54, 1.807) is 6.33 Å². The number of thioether (sulfide) groups is 1. The Bertz CT molecular complexity index is 919. The van der Waals surface area contributed by atoms with Crippen molar-refractivity contribution in [2.75, 3.05) is 29.1 Å². The van der Waals surface area contributed by atoms with E-state index in [1.165, 1.54) is 24.6 Å². The zero-order valence-electron chi connectivity index (χ0n) is 14.4. The highest BCUT2D eigenvalue weighted by Crippen LogP contribution is 2.25. The van der Waals surface area contributed by atoms with Crippen molar-refractivity contribution < 1.29 is 4.79 Å². The number of carbonyl (C=O) groups excluding carboxylic acids is 1. The molecule has 0 bridgehead atoms. The molecule has 3 aromatic rings. The molecule has 5 nitrogen and oxygen atoms in total. The predicted octanol–water partition coefficient (Wildman–Crippen LogP) is 3.96. The van der Waals surface area contributed by atoms with Gasteiger partial charge in [0.15, 0.2) is 0 Å². The number of carbonyl (C=O) groups is 1. The van der Waals surface area contributed by atoms with Gasteiger partial charge in [0.25, 0.3) is 0 Å². The van der Waals surface area contributed by atoms with Gasteiger partial charge in [0.2, 0.25) is 5.91 Å². The summed E-state index contributed by atoms with van der Waals surface area (Å²) in [4.78, 5) is 23.3. The third kappa shape index (κ3) is 3.80. The number of benzene rings is 2. The van der Waals surface area contributed by atoms with Gasteiger partial charge < -0.3 is 10.2 Å². The molecule has 26 heavy (non-hydrogen) atoms. The topological polar surface area (TPSA) is 58.1 Å². The summed E-state index contributed by atoms with van der Waals surface area (Å²) in [5.41, 5.74) is 0.842. The van der Waals surface area contributed by atoms with Gasteiger partial charge in [-0.1, -0.05) is 48.2 Å². The van der Waals surface area contributed by atoms with E-state index in [1.807, 2.05) is 48.5 Å². The summed E-state index contributed by atoms with van der Waals surface area (Å²) < 4.78 is 0. The van der Waals surface area contributed by atoms with Crippen LogP contribution in [-0.4, -0.2) is 34.7 Å². The van der Waals surface area contributed by atoms with Crippen LogP contribution in [0.15, 0.2) is 59.9 Å². The molecule has 0 spiro atoms. The van der Waals surface area contributed by atoms with Crippen LogP contribution in [0.25, 0.3) is 10.8 Å². The molecule has 1 saturated heterocycles. The number of nitrogens with one attached hydrogen (secondary N) is 1. The number of nitrogens with zero attached hydrogens (tertiary/aromatic N) is 3. The van der Waals surface area contributed by atoms with Crippen LogP contribution >= 0.6 is 11.8 Å². The number of amides is 1. The van der Waals surface area contributed by atoms with Gasteiger partial charge in [-0.25, -0.2) is 9.97 Å². The molecule has 1 aromatic heterocycles. The molecule has 0 unspecified atom stereocenters. The van der Waals surface area contributed by atoms with Crippen LogP contribution in [0.1, 0.15) is 12.8 Å². The average molecular weight is 364 g/mol. The molecular formula is C20H20N4OS. The van der Waals surface area contributed by atoms with Crippen molar-refractivity contribution in [3.8, 4) is 0 Å². The number of hydrogen-bond donors (Lipinski definition) is 1. The van der Waals surface area contributed by atoms with Crippen molar-refractivity contribution in [3.63, 3.8) is 0 Å². The average Bonchev–Trinajstić information content (AvgIpc) is 3.22. The smallest absolute Gasteiger partial charge is 0.234 e. The Morgan fingerprint density at radius 1 is 1.08 bits per heavy atom. The summed E-state index contributed by atoms with van der Waals surface area (Å²) in [6, 6.07) is 15.9. The third-order valence-corrected chi connectivity index (χ3v) is 5.40. The molecule has 2 heterocycles. The van der Waals surface area contributed by atoms with Crippen LogP contribution in [-0.2, 0) is 4.79 Å². The van der Waals surface area contributed by atoms with Crippen LogP contribution in [0.3, 0.4) is 0 Å². The quantitative estimate of drug-likeness (QED) is 0.548. The Balaban J connectivity index is 1.40. The van der Waals surface area contributed by atoms with Crippen molar-refractivity contribution in [1.29, 1.82) is 0 Å². The second-order valence-electron chi connectivity index (χ2n) is 6.27. The molecule has 132 valence electrons. The minimum atomic E-state index is -0.0345. The highest BCUT2D eigenvalue weighted by Gasteiger charge is 2.14. The number of fused-ring (bicyclic) bond motifs is 1. The number of rotatable bonds is 5. The van der Waals surface area contributed by atoms with E-state index in [-0.39, 0.29) is 5.91 Å². The third-order valence-electron chi connectivity index (χ3n) is 4.47. The Morgan fingerprint density at radius 2 is 1.88 bits per heavy atom. The Morgan fingerprint density at radius 3 is 2.77 bits per heavy atom. The lowest BCUT2D eigenvalue weighted by Gasteiger charge is -2.16. The van der Waals surface area contributed by atoms with E-state index in [4.69, 9.17) is 0 Å². The van der Waals surface area contributed by atoms with Gasteiger partial charge in [0, 0.05) is 30.2 Å². The molecule has 1 amide bonds. The fourth-order valence-electron chi connectivity index (χ4n) is 3.19. The van der Waals surface area contributed by atoms with E-state index >= 15 is 0 Å². The molecule has 0 saturated carbocycles. The van der Waals surface area contributed by atoms with E-state index in [2.05, 4.69) is 20.2 Å². The van der Waals surface area contributed by atoms with Crippen molar-refractivity contribution in [3.05, 3.63) is 54.9 Å². The Labute approximate surface area is 156 Å². The van der Waals surface area contributed by atoms with Gasteiger partial charge in [0.1, 0.15) is 17.2 Å². The van der Waals surface area contributed by atoms with E-state index in [9.17, 15) is 4.79 Å². The summed E-state index contributed by atoms with van der Waals surface area (Å²) in [7, 11) is 0. The van der Waals surface area contributed by atoms with Gasteiger partial charge in [-0.2, -0.15) is 0 Å². The van der Waals surface area contributed by atoms with Crippen molar-refractivity contribution in [2.45, 2.75) is 17.9 Å². The second kappa shape index (κ2) is 7.74. The second-order valence-corrected chi connectivity index (χ2v) is 7.27. The van der Waals surface area contributed by atoms with E-state index in [0.29, 0.717) is 5.75 Å². The maximum Gasteiger partial charge on any atom is 0.234 e. The van der Waals surface area contributed by atoms with Gasteiger partial charge in [-0.05, 0) is 24.3 Å². The lowest BCUT2D eigenvalue weighted by molar-refractivity contribution is -0.113. The first kappa shape index (κ1) is 16.8. The van der Waals surface area contributed by atoms with Crippen molar-refractivity contribution >= 4 is 39.9 Å². The van der Waals surface area contributed by atoms with Crippen LogP contribution < -0.4 is 10.2 Å². The minimum absolute atomic E-state index is 0.0345. The maximum absolute atomic E-state index is 12.4. The fraction of sp³-hybridized carbons (Fsp3) is 0.250. The first-order valence-electron chi connectivity index (χ1n) is 8.77. The maximum atomic E-state index is 12.4. The molecular weight excluding hydrogens is 344 g/mol. The van der Waals surface area contributed by atoms with Crippen LogP contribution in [0, 0.1) is 0 Å². The summed E-state index contributed by atoms with van der Waals surface area (Å²) in [5.74, 6) is 1.24. The summed E-state index contributed by atoms with van der Waals surface area (Å²) in [5, 5.41) is 6.00. The van der Waals surface area contributed by atoms with Crippen LogP contribution in [0.2, 0.25) is 0 Å².